The molecule has 0 spiro atoms. The van der Waals surface area contributed by atoms with Crippen molar-refractivity contribution in [3.63, 3.8) is 0 Å². The molecule has 0 amide bonds. The predicted octanol–water partition coefficient (Wildman–Crippen LogP) is 2.29. The summed E-state index contributed by atoms with van der Waals surface area (Å²) in [4.78, 5) is 4.11. The molecule has 0 unspecified atom stereocenters. The normalized spacial score (nSPS) is 13.7. The van der Waals surface area contributed by atoms with Crippen molar-refractivity contribution in [1.29, 1.82) is 0 Å². The lowest BCUT2D eigenvalue weighted by atomic mass is 10.1. The summed E-state index contributed by atoms with van der Waals surface area (Å²) in [5, 5.41) is 0. The molecule has 0 atom stereocenters. The van der Waals surface area contributed by atoms with E-state index in [0.717, 1.165) is 5.71 Å². The average molecular weight is 125 g/mol. The molecule has 52 valence electrons. The number of hydrogen-bond donors (Lipinski definition) is 0. The van der Waals surface area contributed by atoms with Gasteiger partial charge >= 0.3 is 0 Å². The summed E-state index contributed by atoms with van der Waals surface area (Å²) in [5.41, 5.74) is 1.16. The Kier molecular flexibility index (Phi) is 4.02. The van der Waals surface area contributed by atoms with E-state index >= 15 is 0 Å². The van der Waals surface area contributed by atoms with Gasteiger partial charge in [0.05, 0.1) is 0 Å². The van der Waals surface area contributed by atoms with E-state index in [1.165, 1.54) is 0 Å². The van der Waals surface area contributed by atoms with Gasteiger partial charge in [0, 0.05) is 12.8 Å². The fourth-order valence-corrected chi connectivity index (χ4v) is 0.696. The highest BCUT2D eigenvalue weighted by atomic mass is 14.7. The van der Waals surface area contributed by atoms with Crippen LogP contribution in [0.25, 0.3) is 0 Å². The number of aliphatic imine (C=N–C) groups is 1. The first kappa shape index (κ1) is 8.41. The molecule has 0 aliphatic rings. The Labute approximate surface area is 57.5 Å². The number of allylic oxidation sites excluding steroid dienone is 2. The smallest absolute Gasteiger partial charge is 0.0366 e. The van der Waals surface area contributed by atoms with Crippen LogP contribution in [0.5, 0.6) is 0 Å². The summed E-state index contributed by atoms with van der Waals surface area (Å²) < 4.78 is 0. The third-order valence-electron chi connectivity index (χ3n) is 1.19. The summed E-state index contributed by atoms with van der Waals surface area (Å²) in [5.74, 6) is 0.547. The van der Waals surface area contributed by atoms with Gasteiger partial charge in [-0.3, -0.25) is 4.99 Å². The van der Waals surface area contributed by atoms with Crippen molar-refractivity contribution in [3.05, 3.63) is 12.2 Å². The van der Waals surface area contributed by atoms with E-state index in [-0.39, 0.29) is 0 Å². The molecule has 0 aromatic heterocycles. The van der Waals surface area contributed by atoms with Gasteiger partial charge in [0.15, 0.2) is 0 Å². The van der Waals surface area contributed by atoms with Crippen molar-refractivity contribution in [2.24, 2.45) is 10.9 Å². The highest BCUT2D eigenvalue weighted by Crippen LogP contribution is 1.97. The van der Waals surface area contributed by atoms with E-state index in [0.29, 0.717) is 5.92 Å². The Hall–Kier alpha value is -0.590. The Bertz CT molecular complexity index is 121. The molecule has 1 nitrogen and oxygen atoms in total. The van der Waals surface area contributed by atoms with Crippen LogP contribution >= 0.6 is 0 Å². The molecule has 0 rings (SSSR count). The molecule has 0 aliphatic heterocycles. The van der Waals surface area contributed by atoms with E-state index in [9.17, 15) is 0 Å². The second kappa shape index (κ2) is 4.30. The van der Waals surface area contributed by atoms with Gasteiger partial charge in [0.2, 0.25) is 0 Å². The van der Waals surface area contributed by atoms with Crippen LogP contribution in [-0.2, 0) is 0 Å². The second-order valence-electron chi connectivity index (χ2n) is 2.30. The molecule has 9 heavy (non-hydrogen) atoms. The molecular weight excluding hydrogens is 110 g/mol. The van der Waals surface area contributed by atoms with Crippen molar-refractivity contribution in [3.8, 4) is 0 Å². The maximum Gasteiger partial charge on any atom is 0.0366 e. The van der Waals surface area contributed by atoms with Crippen molar-refractivity contribution in [1.82, 2.24) is 0 Å². The van der Waals surface area contributed by atoms with Crippen molar-refractivity contribution in [2.75, 3.05) is 7.05 Å². The van der Waals surface area contributed by atoms with Crippen LogP contribution < -0.4 is 0 Å². The van der Waals surface area contributed by atoms with Gasteiger partial charge in [-0.05, 0) is 18.9 Å². The molecule has 0 radical (unpaired) electrons. The Balaban J connectivity index is 4.01. The second-order valence-corrected chi connectivity index (χ2v) is 2.30. The lowest BCUT2D eigenvalue weighted by Crippen LogP contribution is -2.02. The molecule has 0 heterocycles. The topological polar surface area (TPSA) is 12.4 Å². The van der Waals surface area contributed by atoms with Crippen LogP contribution in [0.15, 0.2) is 17.1 Å². The Morgan fingerprint density at radius 2 is 2.00 bits per heavy atom. The van der Waals surface area contributed by atoms with Crippen molar-refractivity contribution < 1.29 is 0 Å². The summed E-state index contributed by atoms with van der Waals surface area (Å²) in [6, 6.07) is 0. The minimum absolute atomic E-state index is 0.547. The molecule has 0 saturated heterocycles. The van der Waals surface area contributed by atoms with E-state index in [4.69, 9.17) is 0 Å². The fourth-order valence-electron chi connectivity index (χ4n) is 0.696. The van der Waals surface area contributed by atoms with Gasteiger partial charge in [0.25, 0.3) is 0 Å². The summed E-state index contributed by atoms with van der Waals surface area (Å²) >= 11 is 0. The summed E-state index contributed by atoms with van der Waals surface area (Å²) in [7, 11) is 1.83. The molecule has 0 aromatic rings. The average Bonchev–Trinajstić information content (AvgIpc) is 1.82. The number of rotatable bonds is 2. The zero-order valence-corrected chi connectivity index (χ0v) is 6.68. The van der Waals surface area contributed by atoms with Crippen LogP contribution in [-0.4, -0.2) is 12.8 Å². The first-order valence-electron chi connectivity index (χ1n) is 3.31. The molecule has 1 heteroatoms. The number of hydrogen-bond acceptors (Lipinski definition) is 1. The monoisotopic (exact) mass is 125 g/mol. The fraction of sp³-hybridized carbons (Fsp3) is 0.625. The molecule has 0 bridgehead atoms. The largest absolute Gasteiger partial charge is 0.293 e. The summed E-state index contributed by atoms with van der Waals surface area (Å²) in [6.45, 7) is 6.29. The first-order chi connectivity index (χ1) is 4.22. The van der Waals surface area contributed by atoms with Gasteiger partial charge in [-0.2, -0.15) is 0 Å². The quantitative estimate of drug-likeness (QED) is 0.502. The van der Waals surface area contributed by atoms with Crippen LogP contribution in [0.2, 0.25) is 0 Å². The minimum Gasteiger partial charge on any atom is -0.293 e. The van der Waals surface area contributed by atoms with E-state index < -0.39 is 0 Å². The Morgan fingerprint density at radius 1 is 1.44 bits per heavy atom. The van der Waals surface area contributed by atoms with Crippen LogP contribution in [0.1, 0.15) is 20.8 Å². The van der Waals surface area contributed by atoms with Gasteiger partial charge in [0.1, 0.15) is 0 Å². The van der Waals surface area contributed by atoms with Crippen LogP contribution in [0.4, 0.5) is 0 Å². The SMILES string of the molecule is C/C=C/C(=NC)C(C)C. The molecular formula is C8H15N. The third-order valence-corrected chi connectivity index (χ3v) is 1.19. The summed E-state index contributed by atoms with van der Waals surface area (Å²) in [6.07, 6.45) is 4.06. The van der Waals surface area contributed by atoms with Crippen LogP contribution in [0, 0.1) is 5.92 Å². The number of nitrogens with zero attached hydrogens (tertiary/aromatic N) is 1. The lowest BCUT2D eigenvalue weighted by Gasteiger charge is -2.01. The standard InChI is InChI=1S/C8H15N/c1-5-6-8(9-4)7(2)3/h5-7H,1-4H3/b6-5+,9-8?. The van der Waals surface area contributed by atoms with Gasteiger partial charge in [-0.25, -0.2) is 0 Å². The molecule has 0 saturated carbocycles. The minimum atomic E-state index is 0.547. The molecule has 0 fully saturated rings. The van der Waals surface area contributed by atoms with Gasteiger partial charge in [-0.1, -0.05) is 19.9 Å². The maximum atomic E-state index is 4.11. The lowest BCUT2D eigenvalue weighted by molar-refractivity contribution is 0.886. The Morgan fingerprint density at radius 3 is 2.11 bits per heavy atom. The van der Waals surface area contributed by atoms with E-state index in [1.807, 2.05) is 26.1 Å². The highest BCUT2D eigenvalue weighted by Gasteiger charge is 1.96. The van der Waals surface area contributed by atoms with E-state index in [1.54, 1.807) is 0 Å². The van der Waals surface area contributed by atoms with Gasteiger partial charge in [-0.15, -0.1) is 0 Å². The third kappa shape index (κ3) is 3.07. The highest BCUT2D eigenvalue weighted by molar-refractivity contribution is 5.96. The van der Waals surface area contributed by atoms with E-state index in [2.05, 4.69) is 18.8 Å². The molecule has 0 N–H and O–H groups in total. The zero-order chi connectivity index (χ0) is 7.28. The molecule has 0 aliphatic carbocycles. The zero-order valence-electron chi connectivity index (χ0n) is 6.68. The maximum absolute atomic E-state index is 4.11. The predicted molar refractivity (Wildman–Crippen MR) is 43.0 cm³/mol. The van der Waals surface area contributed by atoms with Crippen LogP contribution in [0.3, 0.4) is 0 Å². The van der Waals surface area contributed by atoms with Gasteiger partial charge < -0.3 is 0 Å². The first-order valence-corrected chi connectivity index (χ1v) is 3.31. The van der Waals surface area contributed by atoms with Crippen molar-refractivity contribution >= 4 is 5.71 Å². The van der Waals surface area contributed by atoms with Crippen molar-refractivity contribution in [2.45, 2.75) is 20.8 Å². The molecule has 0 aromatic carbocycles.